The van der Waals surface area contributed by atoms with Crippen molar-refractivity contribution in [2.75, 3.05) is 13.2 Å². The highest BCUT2D eigenvalue weighted by Gasteiger charge is 2.27. The average Bonchev–Trinajstić information content (AvgIpc) is 2.38. The Morgan fingerprint density at radius 3 is 2.44 bits per heavy atom. The van der Waals surface area contributed by atoms with E-state index in [9.17, 15) is 0 Å². The molecule has 1 fully saturated rings. The Morgan fingerprint density at radius 1 is 1.28 bits per heavy atom. The maximum Gasteiger partial charge on any atom is 0.162 e. The predicted molar refractivity (Wildman–Crippen MR) is 67.8 cm³/mol. The van der Waals surface area contributed by atoms with Crippen molar-refractivity contribution in [3.05, 3.63) is 35.4 Å². The number of nitrogens with zero attached hydrogens (tertiary/aromatic N) is 1. The molecule has 0 saturated carbocycles. The van der Waals surface area contributed by atoms with E-state index in [-0.39, 0.29) is 6.04 Å². The number of rotatable bonds is 3. The van der Waals surface area contributed by atoms with Gasteiger partial charge >= 0.3 is 0 Å². The van der Waals surface area contributed by atoms with E-state index in [1.54, 1.807) is 0 Å². The summed E-state index contributed by atoms with van der Waals surface area (Å²) >= 11 is 0. The van der Waals surface area contributed by atoms with Crippen molar-refractivity contribution >= 4 is 0 Å². The summed E-state index contributed by atoms with van der Waals surface area (Å²) in [6.07, 6.45) is 0. The molecule has 0 unspecified atom stereocenters. The predicted octanol–water partition coefficient (Wildman–Crippen LogP) is 1.80. The molecule has 0 aromatic heterocycles. The van der Waals surface area contributed by atoms with Gasteiger partial charge in [-0.2, -0.15) is 5.26 Å². The van der Waals surface area contributed by atoms with Crippen LogP contribution in [0.2, 0.25) is 0 Å². The fourth-order valence-corrected chi connectivity index (χ4v) is 1.77. The Labute approximate surface area is 108 Å². The zero-order valence-electron chi connectivity index (χ0n) is 10.8. The molecule has 0 aliphatic carbocycles. The maximum atomic E-state index is 8.71. The van der Waals surface area contributed by atoms with Crippen molar-refractivity contribution in [3.8, 4) is 6.07 Å². The van der Waals surface area contributed by atoms with Crippen LogP contribution in [0.4, 0.5) is 0 Å². The molecule has 0 atom stereocenters. The number of nitriles is 1. The fraction of sp³-hybridized carbons (Fsp3) is 0.500. The highest BCUT2D eigenvalue weighted by Crippen LogP contribution is 2.17. The van der Waals surface area contributed by atoms with Gasteiger partial charge in [-0.3, -0.25) is 0 Å². The molecule has 1 N–H and O–H groups in total. The third kappa shape index (κ3) is 3.54. The number of hydrogen-bond donors (Lipinski definition) is 1. The molecule has 1 heterocycles. The van der Waals surface area contributed by atoms with Gasteiger partial charge in [-0.1, -0.05) is 12.1 Å². The molecule has 2 rings (SSSR count). The summed E-state index contributed by atoms with van der Waals surface area (Å²) in [5.41, 5.74) is 1.84. The Bertz CT molecular complexity index is 424. The van der Waals surface area contributed by atoms with E-state index >= 15 is 0 Å². The van der Waals surface area contributed by atoms with Crippen LogP contribution < -0.4 is 5.32 Å². The Balaban J connectivity index is 1.80. The number of nitrogens with one attached hydrogen (secondary N) is 1. The minimum Gasteiger partial charge on any atom is -0.349 e. The molecule has 4 heteroatoms. The zero-order chi connectivity index (χ0) is 13.0. The minimum atomic E-state index is -0.466. The van der Waals surface area contributed by atoms with Gasteiger partial charge in [0.25, 0.3) is 0 Å². The minimum absolute atomic E-state index is 0.216. The van der Waals surface area contributed by atoms with Crippen molar-refractivity contribution in [3.63, 3.8) is 0 Å². The first kappa shape index (κ1) is 13.0. The first-order valence-corrected chi connectivity index (χ1v) is 6.09. The normalized spacial score (nSPS) is 19.4. The van der Waals surface area contributed by atoms with Crippen LogP contribution in [0.1, 0.15) is 25.0 Å². The van der Waals surface area contributed by atoms with Crippen molar-refractivity contribution in [1.29, 1.82) is 5.26 Å². The number of hydrogen-bond acceptors (Lipinski definition) is 4. The molecule has 18 heavy (non-hydrogen) atoms. The van der Waals surface area contributed by atoms with Crippen molar-refractivity contribution in [2.45, 2.75) is 32.2 Å². The first-order chi connectivity index (χ1) is 8.59. The van der Waals surface area contributed by atoms with Crippen LogP contribution in [0.15, 0.2) is 24.3 Å². The second-order valence-electron chi connectivity index (χ2n) is 4.91. The van der Waals surface area contributed by atoms with Crippen LogP contribution in [-0.4, -0.2) is 25.0 Å². The van der Waals surface area contributed by atoms with Crippen LogP contribution in [0.3, 0.4) is 0 Å². The van der Waals surface area contributed by atoms with Crippen molar-refractivity contribution in [2.24, 2.45) is 0 Å². The monoisotopic (exact) mass is 246 g/mol. The van der Waals surface area contributed by atoms with Crippen LogP contribution >= 0.6 is 0 Å². The Hall–Kier alpha value is -1.41. The van der Waals surface area contributed by atoms with Crippen LogP contribution in [0, 0.1) is 11.3 Å². The highest BCUT2D eigenvalue weighted by molar-refractivity contribution is 5.31. The fourth-order valence-electron chi connectivity index (χ4n) is 1.77. The molecule has 1 aromatic carbocycles. The summed E-state index contributed by atoms with van der Waals surface area (Å²) in [6.45, 7) is 5.91. The largest absolute Gasteiger partial charge is 0.349 e. The molecule has 0 spiro atoms. The van der Waals surface area contributed by atoms with Gasteiger partial charge in [0.2, 0.25) is 0 Å². The third-order valence-electron chi connectivity index (χ3n) is 2.94. The zero-order valence-corrected chi connectivity index (χ0v) is 10.8. The van der Waals surface area contributed by atoms with Crippen molar-refractivity contribution in [1.82, 2.24) is 5.32 Å². The quantitative estimate of drug-likeness (QED) is 0.883. The van der Waals surface area contributed by atoms with Gasteiger partial charge in [-0.05, 0) is 31.5 Å². The van der Waals surface area contributed by atoms with Gasteiger partial charge in [0, 0.05) is 6.54 Å². The lowest BCUT2D eigenvalue weighted by Gasteiger charge is -2.35. The Morgan fingerprint density at radius 2 is 1.89 bits per heavy atom. The third-order valence-corrected chi connectivity index (χ3v) is 2.94. The molecule has 4 nitrogen and oxygen atoms in total. The molecule has 1 aliphatic heterocycles. The van der Waals surface area contributed by atoms with Crippen molar-refractivity contribution < 1.29 is 9.47 Å². The molecular weight excluding hydrogens is 228 g/mol. The second-order valence-corrected chi connectivity index (χ2v) is 4.91. The van der Waals surface area contributed by atoms with E-state index in [2.05, 4.69) is 11.4 Å². The standard InChI is InChI=1S/C14H18N2O2/c1-14(2)17-9-13(10-18-14)16-8-12-5-3-11(7-15)4-6-12/h3-6,13,16H,8-10H2,1-2H3. The lowest BCUT2D eigenvalue weighted by Crippen LogP contribution is -2.48. The van der Waals surface area contributed by atoms with E-state index in [0.717, 1.165) is 12.1 Å². The summed E-state index contributed by atoms with van der Waals surface area (Å²) < 4.78 is 11.2. The topological polar surface area (TPSA) is 54.3 Å². The molecular formula is C14H18N2O2. The molecule has 1 saturated heterocycles. The first-order valence-electron chi connectivity index (χ1n) is 6.09. The van der Waals surface area contributed by atoms with Gasteiger partial charge in [0.05, 0.1) is 30.9 Å². The van der Waals surface area contributed by atoms with Gasteiger partial charge in [0.15, 0.2) is 5.79 Å². The Kier molecular flexibility index (Phi) is 3.97. The summed E-state index contributed by atoms with van der Waals surface area (Å²) in [6, 6.07) is 9.90. The van der Waals surface area contributed by atoms with Gasteiger partial charge in [0.1, 0.15) is 0 Å². The van der Waals surface area contributed by atoms with E-state index < -0.39 is 5.79 Å². The molecule has 0 amide bonds. The van der Waals surface area contributed by atoms with Crippen LogP contribution in [0.5, 0.6) is 0 Å². The molecule has 0 radical (unpaired) electrons. The van der Waals surface area contributed by atoms with E-state index in [1.807, 2.05) is 38.1 Å². The van der Waals surface area contributed by atoms with E-state index in [0.29, 0.717) is 18.8 Å². The summed E-state index contributed by atoms with van der Waals surface area (Å²) in [5.74, 6) is -0.466. The van der Waals surface area contributed by atoms with Crippen LogP contribution in [-0.2, 0) is 16.0 Å². The SMILES string of the molecule is CC1(C)OCC(NCc2ccc(C#N)cc2)CO1. The smallest absolute Gasteiger partial charge is 0.162 e. The van der Waals surface area contributed by atoms with Gasteiger partial charge in [-0.25, -0.2) is 0 Å². The lowest BCUT2D eigenvalue weighted by atomic mass is 10.1. The second kappa shape index (κ2) is 5.49. The van der Waals surface area contributed by atoms with E-state index in [1.165, 1.54) is 0 Å². The average molecular weight is 246 g/mol. The van der Waals surface area contributed by atoms with Crippen LogP contribution in [0.25, 0.3) is 0 Å². The van der Waals surface area contributed by atoms with E-state index in [4.69, 9.17) is 14.7 Å². The highest BCUT2D eigenvalue weighted by atomic mass is 16.7. The summed E-state index contributed by atoms with van der Waals surface area (Å²) in [4.78, 5) is 0. The lowest BCUT2D eigenvalue weighted by molar-refractivity contribution is -0.253. The summed E-state index contributed by atoms with van der Waals surface area (Å²) in [7, 11) is 0. The van der Waals surface area contributed by atoms with Gasteiger partial charge < -0.3 is 14.8 Å². The number of benzene rings is 1. The molecule has 1 aliphatic rings. The molecule has 96 valence electrons. The summed E-state index contributed by atoms with van der Waals surface area (Å²) in [5, 5.41) is 12.1. The molecule has 0 bridgehead atoms. The van der Waals surface area contributed by atoms with Gasteiger partial charge in [-0.15, -0.1) is 0 Å². The number of ether oxygens (including phenoxy) is 2. The maximum absolute atomic E-state index is 8.71. The molecule has 1 aromatic rings.